The molecule has 1 fully saturated rings. The average molecular weight is 271 g/mol. The molecule has 0 aliphatic heterocycles. The Balaban J connectivity index is 1.98. The molecule has 0 spiro atoms. The molecule has 100 valence electrons. The standard InChI is InChI=1S/C14H20ClFN2/c1-9(10-2-3-10)8-18-14(7-17)11-4-12(15)6-13(16)5-11/h4-6,9-10,14,18H,2-3,7-8,17H2,1H3. The first-order valence-electron chi connectivity index (χ1n) is 6.49. The fourth-order valence-corrected chi connectivity index (χ4v) is 2.50. The van der Waals surface area contributed by atoms with Gasteiger partial charge in [0.25, 0.3) is 0 Å². The van der Waals surface area contributed by atoms with Crippen molar-refractivity contribution in [3.05, 3.63) is 34.6 Å². The third kappa shape index (κ3) is 3.67. The predicted octanol–water partition coefficient (Wildman–Crippen LogP) is 3.11. The van der Waals surface area contributed by atoms with Crippen LogP contribution >= 0.6 is 11.6 Å². The molecule has 0 saturated heterocycles. The van der Waals surface area contributed by atoms with E-state index in [0.29, 0.717) is 17.5 Å². The van der Waals surface area contributed by atoms with Crippen LogP contribution in [0, 0.1) is 17.7 Å². The first kappa shape index (κ1) is 13.8. The van der Waals surface area contributed by atoms with Crippen molar-refractivity contribution >= 4 is 11.6 Å². The molecule has 1 aliphatic carbocycles. The molecule has 1 aromatic rings. The number of hydrogen-bond acceptors (Lipinski definition) is 2. The van der Waals surface area contributed by atoms with Gasteiger partial charge in [-0.3, -0.25) is 0 Å². The lowest BCUT2D eigenvalue weighted by atomic mass is 10.0. The van der Waals surface area contributed by atoms with E-state index in [2.05, 4.69) is 12.2 Å². The first-order valence-corrected chi connectivity index (χ1v) is 6.87. The zero-order valence-corrected chi connectivity index (χ0v) is 11.4. The fourth-order valence-electron chi connectivity index (χ4n) is 2.27. The molecule has 0 amide bonds. The third-order valence-corrected chi connectivity index (χ3v) is 3.85. The second-order valence-corrected chi connectivity index (χ2v) is 5.65. The van der Waals surface area contributed by atoms with Gasteiger partial charge >= 0.3 is 0 Å². The van der Waals surface area contributed by atoms with Crippen LogP contribution in [0.1, 0.15) is 31.4 Å². The van der Waals surface area contributed by atoms with E-state index in [9.17, 15) is 4.39 Å². The van der Waals surface area contributed by atoms with E-state index < -0.39 is 0 Å². The van der Waals surface area contributed by atoms with Gasteiger partial charge in [0.1, 0.15) is 5.82 Å². The summed E-state index contributed by atoms with van der Waals surface area (Å²) >= 11 is 5.87. The Bertz CT molecular complexity index is 387. The van der Waals surface area contributed by atoms with Crippen molar-refractivity contribution in [2.75, 3.05) is 13.1 Å². The van der Waals surface area contributed by atoms with Crippen LogP contribution in [0.25, 0.3) is 0 Å². The highest BCUT2D eigenvalue weighted by atomic mass is 35.5. The van der Waals surface area contributed by atoms with Crippen LogP contribution in [0.2, 0.25) is 5.02 Å². The highest BCUT2D eigenvalue weighted by Gasteiger charge is 2.28. The zero-order valence-electron chi connectivity index (χ0n) is 10.6. The van der Waals surface area contributed by atoms with Gasteiger partial charge in [-0.25, -0.2) is 4.39 Å². The van der Waals surface area contributed by atoms with Crippen LogP contribution in [-0.2, 0) is 0 Å². The van der Waals surface area contributed by atoms with Crippen molar-refractivity contribution in [3.8, 4) is 0 Å². The van der Waals surface area contributed by atoms with Crippen LogP contribution in [0.15, 0.2) is 18.2 Å². The molecule has 1 aromatic carbocycles. The maximum Gasteiger partial charge on any atom is 0.125 e. The number of rotatable bonds is 6. The number of halogens is 2. The average Bonchev–Trinajstić information content (AvgIpc) is 3.12. The summed E-state index contributed by atoms with van der Waals surface area (Å²) in [7, 11) is 0. The Morgan fingerprint density at radius 2 is 2.17 bits per heavy atom. The minimum Gasteiger partial charge on any atom is -0.329 e. The van der Waals surface area contributed by atoms with Crippen molar-refractivity contribution < 1.29 is 4.39 Å². The number of nitrogens with one attached hydrogen (secondary N) is 1. The Morgan fingerprint density at radius 3 is 2.72 bits per heavy atom. The lowest BCUT2D eigenvalue weighted by molar-refractivity contribution is 0.422. The molecule has 2 atom stereocenters. The highest BCUT2D eigenvalue weighted by molar-refractivity contribution is 6.30. The Morgan fingerprint density at radius 1 is 1.44 bits per heavy atom. The van der Waals surface area contributed by atoms with E-state index in [1.54, 1.807) is 6.07 Å². The quantitative estimate of drug-likeness (QED) is 0.834. The molecular formula is C14H20ClFN2. The van der Waals surface area contributed by atoms with Crippen LogP contribution in [0.3, 0.4) is 0 Å². The van der Waals surface area contributed by atoms with Crippen LogP contribution < -0.4 is 11.1 Å². The number of benzene rings is 1. The zero-order chi connectivity index (χ0) is 13.1. The Kier molecular flexibility index (Phi) is 4.60. The molecular weight excluding hydrogens is 251 g/mol. The monoisotopic (exact) mass is 270 g/mol. The van der Waals surface area contributed by atoms with Gasteiger partial charge in [0, 0.05) is 17.6 Å². The van der Waals surface area contributed by atoms with E-state index >= 15 is 0 Å². The summed E-state index contributed by atoms with van der Waals surface area (Å²) < 4.78 is 13.3. The molecule has 1 aliphatic rings. The second kappa shape index (κ2) is 6.00. The normalized spacial score (nSPS) is 18.7. The predicted molar refractivity (Wildman–Crippen MR) is 73.1 cm³/mol. The van der Waals surface area contributed by atoms with E-state index in [0.717, 1.165) is 18.0 Å². The van der Waals surface area contributed by atoms with Gasteiger partial charge in [-0.15, -0.1) is 0 Å². The van der Waals surface area contributed by atoms with Gasteiger partial charge in [-0.2, -0.15) is 0 Å². The summed E-state index contributed by atoms with van der Waals surface area (Å²) in [6, 6.07) is 4.56. The van der Waals surface area contributed by atoms with E-state index in [1.807, 2.05) is 0 Å². The Hall–Kier alpha value is -0.640. The van der Waals surface area contributed by atoms with Crippen molar-refractivity contribution in [2.45, 2.75) is 25.8 Å². The molecule has 18 heavy (non-hydrogen) atoms. The summed E-state index contributed by atoms with van der Waals surface area (Å²) in [5.41, 5.74) is 6.58. The van der Waals surface area contributed by atoms with E-state index in [4.69, 9.17) is 17.3 Å². The van der Waals surface area contributed by atoms with Crippen molar-refractivity contribution in [2.24, 2.45) is 17.6 Å². The summed E-state index contributed by atoms with van der Waals surface area (Å²) in [6.45, 7) is 3.61. The molecule has 3 N–H and O–H groups in total. The van der Waals surface area contributed by atoms with E-state index in [-0.39, 0.29) is 11.9 Å². The minimum atomic E-state index is -0.312. The summed E-state index contributed by atoms with van der Waals surface area (Å²) in [5, 5.41) is 3.83. The molecule has 4 heteroatoms. The second-order valence-electron chi connectivity index (χ2n) is 5.21. The molecule has 2 unspecified atom stereocenters. The number of hydrogen-bond donors (Lipinski definition) is 2. The van der Waals surface area contributed by atoms with Crippen molar-refractivity contribution in [3.63, 3.8) is 0 Å². The minimum absolute atomic E-state index is 0.0283. The van der Waals surface area contributed by atoms with Crippen LogP contribution in [0.4, 0.5) is 4.39 Å². The van der Waals surface area contributed by atoms with Crippen LogP contribution in [0.5, 0.6) is 0 Å². The molecule has 2 nitrogen and oxygen atoms in total. The maximum atomic E-state index is 13.3. The highest BCUT2D eigenvalue weighted by Crippen LogP contribution is 2.36. The SMILES string of the molecule is CC(CNC(CN)c1cc(F)cc(Cl)c1)C1CC1. The van der Waals surface area contributed by atoms with Gasteiger partial charge in [0.05, 0.1) is 0 Å². The van der Waals surface area contributed by atoms with E-state index in [1.165, 1.54) is 25.0 Å². The number of nitrogens with two attached hydrogens (primary N) is 1. The molecule has 0 aromatic heterocycles. The largest absolute Gasteiger partial charge is 0.329 e. The van der Waals surface area contributed by atoms with Gasteiger partial charge in [0.2, 0.25) is 0 Å². The molecule has 1 saturated carbocycles. The maximum absolute atomic E-state index is 13.3. The van der Waals surface area contributed by atoms with Gasteiger partial charge in [-0.1, -0.05) is 18.5 Å². The smallest absolute Gasteiger partial charge is 0.125 e. The van der Waals surface area contributed by atoms with Gasteiger partial charge in [-0.05, 0) is 55.0 Å². The molecule has 0 heterocycles. The fraction of sp³-hybridized carbons (Fsp3) is 0.571. The van der Waals surface area contributed by atoms with Crippen LogP contribution in [-0.4, -0.2) is 13.1 Å². The topological polar surface area (TPSA) is 38.0 Å². The van der Waals surface area contributed by atoms with Crippen molar-refractivity contribution in [1.29, 1.82) is 0 Å². The third-order valence-electron chi connectivity index (χ3n) is 3.64. The molecule has 0 radical (unpaired) electrons. The molecule has 2 rings (SSSR count). The van der Waals surface area contributed by atoms with Gasteiger partial charge in [0.15, 0.2) is 0 Å². The summed E-state index contributed by atoms with van der Waals surface area (Å²) in [4.78, 5) is 0. The first-order chi connectivity index (χ1) is 8.60. The lowest BCUT2D eigenvalue weighted by Gasteiger charge is -2.20. The molecule has 0 bridgehead atoms. The Labute approximate surface area is 113 Å². The summed E-state index contributed by atoms with van der Waals surface area (Å²) in [5.74, 6) is 1.20. The summed E-state index contributed by atoms with van der Waals surface area (Å²) in [6.07, 6.45) is 2.67. The van der Waals surface area contributed by atoms with Gasteiger partial charge < -0.3 is 11.1 Å². The van der Waals surface area contributed by atoms with Crippen molar-refractivity contribution in [1.82, 2.24) is 5.32 Å². The lowest BCUT2D eigenvalue weighted by Crippen LogP contribution is -2.32.